The predicted octanol–water partition coefficient (Wildman–Crippen LogP) is 1.72. The molecule has 0 saturated heterocycles. The molecule has 102 valence electrons. The van der Waals surface area contributed by atoms with Crippen molar-refractivity contribution in [1.82, 2.24) is 14.9 Å². The Kier molecular flexibility index (Phi) is 3.84. The fourth-order valence-electron chi connectivity index (χ4n) is 1.84. The summed E-state index contributed by atoms with van der Waals surface area (Å²) >= 11 is 5.73. The smallest absolute Gasteiger partial charge is 0.312 e. The molecule has 1 aromatic heterocycles. The maximum absolute atomic E-state index is 13.6. The average molecular weight is 289 g/mol. The second-order valence-electron chi connectivity index (χ2n) is 3.86. The molecule has 0 aliphatic heterocycles. The lowest BCUT2D eigenvalue weighted by Crippen LogP contribution is -2.32. The standard InChI is InChI=1S/C11H11ClF2N4O/c12-5-9-17-10-7(14)3-6(13)4-8(10)18(9)2-1-16-11(15)19/h3-4H,1-2,5H2,(H3,15,16,19). The van der Waals surface area contributed by atoms with E-state index in [1.807, 2.05) is 0 Å². The minimum Gasteiger partial charge on any atom is -0.352 e. The maximum Gasteiger partial charge on any atom is 0.312 e. The molecule has 19 heavy (non-hydrogen) atoms. The number of imidazole rings is 1. The van der Waals surface area contributed by atoms with E-state index in [4.69, 9.17) is 17.3 Å². The molecule has 0 spiro atoms. The number of carbonyl (C=O) groups excluding carboxylic acids is 1. The van der Waals surface area contributed by atoms with Gasteiger partial charge in [0.25, 0.3) is 0 Å². The van der Waals surface area contributed by atoms with Crippen molar-refractivity contribution in [2.45, 2.75) is 12.4 Å². The highest BCUT2D eigenvalue weighted by Crippen LogP contribution is 2.21. The van der Waals surface area contributed by atoms with Crippen molar-refractivity contribution >= 4 is 28.7 Å². The molecule has 1 heterocycles. The Morgan fingerprint density at radius 1 is 1.47 bits per heavy atom. The molecule has 0 radical (unpaired) electrons. The Morgan fingerprint density at radius 2 is 2.21 bits per heavy atom. The molecule has 1 aromatic carbocycles. The summed E-state index contributed by atoms with van der Waals surface area (Å²) in [5.74, 6) is -1.00. The molecule has 8 heteroatoms. The average Bonchev–Trinajstić information content (AvgIpc) is 2.67. The van der Waals surface area contributed by atoms with Gasteiger partial charge in [-0.2, -0.15) is 0 Å². The summed E-state index contributed by atoms with van der Waals surface area (Å²) in [6.07, 6.45) is 0. The summed E-state index contributed by atoms with van der Waals surface area (Å²) in [5.41, 5.74) is 5.29. The molecule has 0 aliphatic rings. The predicted molar refractivity (Wildman–Crippen MR) is 66.8 cm³/mol. The fourth-order valence-corrected chi connectivity index (χ4v) is 2.04. The number of primary amides is 1. The minimum absolute atomic E-state index is 0.0479. The van der Waals surface area contributed by atoms with E-state index in [9.17, 15) is 13.6 Å². The first kappa shape index (κ1) is 13.5. The number of fused-ring (bicyclic) bond motifs is 1. The van der Waals surface area contributed by atoms with Crippen molar-refractivity contribution in [3.05, 3.63) is 29.6 Å². The second-order valence-corrected chi connectivity index (χ2v) is 4.13. The van der Waals surface area contributed by atoms with Crippen LogP contribution in [0.25, 0.3) is 11.0 Å². The van der Waals surface area contributed by atoms with Crippen molar-refractivity contribution in [3.63, 3.8) is 0 Å². The van der Waals surface area contributed by atoms with E-state index in [2.05, 4.69) is 10.3 Å². The van der Waals surface area contributed by atoms with Crippen LogP contribution in [-0.2, 0) is 12.4 Å². The third-order valence-corrected chi connectivity index (χ3v) is 2.84. The van der Waals surface area contributed by atoms with E-state index < -0.39 is 17.7 Å². The number of amides is 2. The van der Waals surface area contributed by atoms with Gasteiger partial charge in [0.1, 0.15) is 17.2 Å². The van der Waals surface area contributed by atoms with Crippen LogP contribution >= 0.6 is 11.6 Å². The van der Waals surface area contributed by atoms with Crippen LogP contribution in [0.2, 0.25) is 0 Å². The maximum atomic E-state index is 13.6. The highest BCUT2D eigenvalue weighted by Gasteiger charge is 2.14. The van der Waals surface area contributed by atoms with Gasteiger partial charge < -0.3 is 15.6 Å². The van der Waals surface area contributed by atoms with Crippen LogP contribution < -0.4 is 11.1 Å². The van der Waals surface area contributed by atoms with E-state index in [0.29, 0.717) is 11.3 Å². The number of aromatic nitrogens is 2. The molecule has 3 N–H and O–H groups in total. The lowest BCUT2D eigenvalue weighted by Gasteiger charge is -2.07. The van der Waals surface area contributed by atoms with E-state index in [1.165, 1.54) is 6.07 Å². The number of alkyl halides is 1. The third-order valence-electron chi connectivity index (χ3n) is 2.61. The third kappa shape index (κ3) is 2.76. The Balaban J connectivity index is 2.42. The number of halogens is 3. The van der Waals surface area contributed by atoms with Crippen molar-refractivity contribution < 1.29 is 13.6 Å². The van der Waals surface area contributed by atoms with Crippen molar-refractivity contribution in [1.29, 1.82) is 0 Å². The summed E-state index contributed by atoms with van der Waals surface area (Å²) in [6.45, 7) is 0.479. The molecular formula is C11H11ClF2N4O. The lowest BCUT2D eigenvalue weighted by atomic mass is 10.3. The Labute approximate surface area is 112 Å². The largest absolute Gasteiger partial charge is 0.352 e. The number of nitrogens with zero attached hydrogens (tertiary/aromatic N) is 2. The number of nitrogens with two attached hydrogens (primary N) is 1. The van der Waals surface area contributed by atoms with Crippen molar-refractivity contribution in [2.24, 2.45) is 5.73 Å². The fraction of sp³-hybridized carbons (Fsp3) is 0.273. The lowest BCUT2D eigenvalue weighted by molar-refractivity contribution is 0.248. The van der Waals surface area contributed by atoms with Gasteiger partial charge >= 0.3 is 6.03 Å². The van der Waals surface area contributed by atoms with Crippen LogP contribution in [0.1, 0.15) is 5.82 Å². The minimum atomic E-state index is -0.747. The zero-order valence-electron chi connectivity index (χ0n) is 9.79. The van der Waals surface area contributed by atoms with Crippen LogP contribution in [0.15, 0.2) is 12.1 Å². The van der Waals surface area contributed by atoms with E-state index >= 15 is 0 Å². The molecule has 0 atom stereocenters. The summed E-state index contributed by atoms with van der Waals surface area (Å²) in [5, 5.41) is 2.39. The van der Waals surface area contributed by atoms with Gasteiger partial charge in [-0.05, 0) is 6.07 Å². The molecule has 0 bridgehead atoms. The molecule has 0 unspecified atom stereocenters. The zero-order valence-corrected chi connectivity index (χ0v) is 10.5. The molecule has 2 aromatic rings. The molecule has 2 rings (SSSR count). The summed E-state index contributed by atoms with van der Waals surface area (Å²) in [6, 6.07) is 1.26. The normalized spacial score (nSPS) is 10.9. The quantitative estimate of drug-likeness (QED) is 0.841. The molecule has 2 amide bonds. The Hall–Kier alpha value is -1.89. The highest BCUT2D eigenvalue weighted by molar-refractivity contribution is 6.16. The zero-order chi connectivity index (χ0) is 14.0. The first-order chi connectivity index (χ1) is 9.02. The van der Waals surface area contributed by atoms with Crippen LogP contribution in [0.5, 0.6) is 0 Å². The molecular weight excluding hydrogens is 278 g/mol. The van der Waals surface area contributed by atoms with Gasteiger partial charge in [0, 0.05) is 19.2 Å². The van der Waals surface area contributed by atoms with E-state index in [1.54, 1.807) is 4.57 Å². The van der Waals surface area contributed by atoms with E-state index in [-0.39, 0.29) is 24.5 Å². The number of urea groups is 1. The molecule has 0 saturated carbocycles. The van der Waals surface area contributed by atoms with Gasteiger partial charge in [-0.1, -0.05) is 0 Å². The molecule has 5 nitrogen and oxygen atoms in total. The number of carbonyl (C=O) groups is 1. The SMILES string of the molecule is NC(=O)NCCn1c(CCl)nc2c(F)cc(F)cc21. The van der Waals surface area contributed by atoms with Crippen molar-refractivity contribution in [2.75, 3.05) is 6.54 Å². The van der Waals surface area contributed by atoms with E-state index in [0.717, 1.165) is 6.07 Å². The van der Waals surface area contributed by atoms with Crippen LogP contribution in [-0.4, -0.2) is 22.1 Å². The van der Waals surface area contributed by atoms with Crippen molar-refractivity contribution in [3.8, 4) is 0 Å². The summed E-state index contributed by atoms with van der Waals surface area (Å²) in [7, 11) is 0. The summed E-state index contributed by atoms with van der Waals surface area (Å²) in [4.78, 5) is 14.6. The highest BCUT2D eigenvalue weighted by atomic mass is 35.5. The van der Waals surface area contributed by atoms with Gasteiger partial charge in [-0.15, -0.1) is 11.6 Å². The second kappa shape index (κ2) is 5.40. The summed E-state index contributed by atoms with van der Waals surface area (Å²) < 4.78 is 28.4. The number of hydrogen-bond donors (Lipinski definition) is 2. The van der Waals surface area contributed by atoms with Crippen LogP contribution in [0.4, 0.5) is 13.6 Å². The van der Waals surface area contributed by atoms with Crippen LogP contribution in [0, 0.1) is 11.6 Å². The van der Waals surface area contributed by atoms with Gasteiger partial charge in [-0.3, -0.25) is 0 Å². The number of rotatable bonds is 4. The first-order valence-corrected chi connectivity index (χ1v) is 6.00. The van der Waals surface area contributed by atoms with Crippen LogP contribution in [0.3, 0.4) is 0 Å². The number of nitrogens with one attached hydrogen (secondary N) is 1. The monoisotopic (exact) mass is 288 g/mol. The van der Waals surface area contributed by atoms with Gasteiger partial charge in [-0.25, -0.2) is 18.6 Å². The number of benzene rings is 1. The number of hydrogen-bond acceptors (Lipinski definition) is 2. The molecule has 0 aliphatic carbocycles. The van der Waals surface area contributed by atoms with Gasteiger partial charge in [0.15, 0.2) is 5.82 Å². The topological polar surface area (TPSA) is 72.9 Å². The molecule has 0 fully saturated rings. The Bertz CT molecular complexity index is 629. The van der Waals surface area contributed by atoms with Gasteiger partial charge in [0.2, 0.25) is 0 Å². The Morgan fingerprint density at radius 3 is 2.84 bits per heavy atom. The van der Waals surface area contributed by atoms with Gasteiger partial charge in [0.05, 0.1) is 11.4 Å². The first-order valence-electron chi connectivity index (χ1n) is 5.46.